The number of rotatable bonds is 4. The Morgan fingerprint density at radius 2 is 2.12 bits per heavy atom. The second kappa shape index (κ2) is 5.42. The van der Waals surface area contributed by atoms with Crippen molar-refractivity contribution in [1.82, 2.24) is 20.0 Å². The van der Waals surface area contributed by atoms with Gasteiger partial charge in [0, 0.05) is 51.8 Å². The van der Waals surface area contributed by atoms with Crippen molar-refractivity contribution in [3.05, 3.63) is 17.5 Å². The van der Waals surface area contributed by atoms with Gasteiger partial charge in [0.25, 0.3) is 0 Å². The molecule has 1 aromatic rings. The van der Waals surface area contributed by atoms with Gasteiger partial charge in [0.05, 0.1) is 0 Å². The number of aromatic amines is 1. The average molecular weight is 236 g/mol. The zero-order valence-corrected chi connectivity index (χ0v) is 10.6. The van der Waals surface area contributed by atoms with E-state index in [-0.39, 0.29) is 5.78 Å². The van der Waals surface area contributed by atoms with Crippen LogP contribution in [0.4, 0.5) is 0 Å². The van der Waals surface area contributed by atoms with E-state index in [2.05, 4.69) is 27.0 Å². The van der Waals surface area contributed by atoms with Crippen molar-refractivity contribution in [2.24, 2.45) is 0 Å². The average Bonchev–Trinajstić information content (AvgIpc) is 2.77. The predicted molar refractivity (Wildman–Crippen MR) is 66.2 cm³/mol. The van der Waals surface area contributed by atoms with Crippen LogP contribution in [0.15, 0.2) is 6.07 Å². The number of ketones is 1. The number of H-pyrrole nitrogens is 1. The second-order valence-corrected chi connectivity index (χ2v) is 4.73. The lowest BCUT2D eigenvalue weighted by Gasteiger charge is -2.32. The fraction of sp³-hybridized carbons (Fsp3) is 0.667. The summed E-state index contributed by atoms with van der Waals surface area (Å²) in [6, 6.07) is 1.86. The van der Waals surface area contributed by atoms with Crippen molar-refractivity contribution in [3.8, 4) is 0 Å². The molecule has 0 spiro atoms. The number of nitrogens with zero attached hydrogens (tertiary/aromatic N) is 3. The number of likely N-dealkylation sites (N-methyl/N-ethyl adjacent to an activating group) is 1. The van der Waals surface area contributed by atoms with Gasteiger partial charge in [-0.2, -0.15) is 5.10 Å². The first-order valence-corrected chi connectivity index (χ1v) is 6.11. The SMILES string of the molecule is CC(=O)c1cc(CCN2CCN(C)CC2)[nH]n1. The lowest BCUT2D eigenvalue weighted by atomic mass is 10.2. The van der Waals surface area contributed by atoms with Crippen LogP contribution in [-0.2, 0) is 6.42 Å². The number of aromatic nitrogens is 2. The highest BCUT2D eigenvalue weighted by Gasteiger charge is 2.14. The summed E-state index contributed by atoms with van der Waals surface area (Å²) in [5.74, 6) is 0.0205. The van der Waals surface area contributed by atoms with Gasteiger partial charge in [0.15, 0.2) is 5.78 Å². The Morgan fingerprint density at radius 1 is 1.41 bits per heavy atom. The Morgan fingerprint density at radius 3 is 2.71 bits per heavy atom. The van der Waals surface area contributed by atoms with Gasteiger partial charge >= 0.3 is 0 Å². The van der Waals surface area contributed by atoms with E-state index in [1.807, 2.05) is 6.07 Å². The Labute approximate surface area is 102 Å². The molecule has 0 atom stereocenters. The normalized spacial score (nSPS) is 18.5. The lowest BCUT2D eigenvalue weighted by Crippen LogP contribution is -2.45. The Hall–Kier alpha value is -1.20. The first-order valence-electron chi connectivity index (χ1n) is 6.11. The van der Waals surface area contributed by atoms with Crippen LogP contribution < -0.4 is 0 Å². The van der Waals surface area contributed by atoms with Gasteiger partial charge < -0.3 is 9.80 Å². The van der Waals surface area contributed by atoms with Gasteiger partial charge in [-0.1, -0.05) is 0 Å². The summed E-state index contributed by atoms with van der Waals surface area (Å²) in [4.78, 5) is 15.9. The summed E-state index contributed by atoms with van der Waals surface area (Å²) in [5, 5.41) is 6.92. The monoisotopic (exact) mass is 236 g/mol. The molecule has 1 saturated heterocycles. The van der Waals surface area contributed by atoms with Crippen molar-refractivity contribution >= 4 is 5.78 Å². The third-order valence-corrected chi connectivity index (χ3v) is 3.28. The number of carbonyl (C=O) groups is 1. The largest absolute Gasteiger partial charge is 0.304 e. The van der Waals surface area contributed by atoms with Crippen LogP contribution in [0.5, 0.6) is 0 Å². The van der Waals surface area contributed by atoms with E-state index in [1.54, 1.807) is 6.92 Å². The Kier molecular flexibility index (Phi) is 3.91. The van der Waals surface area contributed by atoms with Gasteiger partial charge in [0.2, 0.25) is 0 Å². The Bertz CT molecular complexity index is 380. The highest BCUT2D eigenvalue weighted by molar-refractivity contribution is 5.92. The molecule has 1 fully saturated rings. The van der Waals surface area contributed by atoms with Crippen molar-refractivity contribution < 1.29 is 4.79 Å². The van der Waals surface area contributed by atoms with Crippen LogP contribution >= 0.6 is 0 Å². The molecule has 5 nitrogen and oxygen atoms in total. The molecule has 1 aliphatic rings. The minimum absolute atomic E-state index is 0.0205. The highest BCUT2D eigenvalue weighted by Crippen LogP contribution is 2.04. The highest BCUT2D eigenvalue weighted by atomic mass is 16.1. The van der Waals surface area contributed by atoms with E-state index in [9.17, 15) is 4.79 Å². The Balaban J connectivity index is 1.79. The summed E-state index contributed by atoms with van der Waals surface area (Å²) in [6.45, 7) is 7.12. The third kappa shape index (κ3) is 3.38. The van der Waals surface area contributed by atoms with Gasteiger partial charge in [-0.3, -0.25) is 9.89 Å². The molecule has 2 heterocycles. The van der Waals surface area contributed by atoms with Crippen LogP contribution in [0.3, 0.4) is 0 Å². The van der Waals surface area contributed by atoms with Gasteiger partial charge in [-0.25, -0.2) is 0 Å². The zero-order valence-electron chi connectivity index (χ0n) is 10.6. The van der Waals surface area contributed by atoms with Crippen molar-refractivity contribution in [2.75, 3.05) is 39.8 Å². The molecule has 94 valence electrons. The molecule has 1 aromatic heterocycles. The van der Waals surface area contributed by atoms with Crippen molar-refractivity contribution in [3.63, 3.8) is 0 Å². The first kappa shape index (κ1) is 12.3. The van der Waals surface area contributed by atoms with Crippen LogP contribution in [-0.4, -0.2) is 65.6 Å². The molecule has 17 heavy (non-hydrogen) atoms. The summed E-state index contributed by atoms with van der Waals surface area (Å²) in [5.41, 5.74) is 1.59. The molecular formula is C12H20N4O. The van der Waals surface area contributed by atoms with Crippen LogP contribution in [0, 0.1) is 0 Å². The summed E-state index contributed by atoms with van der Waals surface area (Å²) >= 11 is 0. The number of nitrogens with one attached hydrogen (secondary N) is 1. The molecule has 0 aromatic carbocycles. The molecule has 2 rings (SSSR count). The quantitative estimate of drug-likeness (QED) is 0.769. The van der Waals surface area contributed by atoms with E-state index in [0.29, 0.717) is 5.69 Å². The fourth-order valence-corrected chi connectivity index (χ4v) is 2.02. The second-order valence-electron chi connectivity index (χ2n) is 4.73. The molecule has 0 amide bonds. The third-order valence-electron chi connectivity index (χ3n) is 3.28. The standard InChI is InChI=1S/C12H20N4O/c1-10(17)12-9-11(13-14-12)3-4-16-7-5-15(2)6-8-16/h9H,3-8H2,1-2H3,(H,13,14). The van der Waals surface area contributed by atoms with Crippen LogP contribution in [0.2, 0.25) is 0 Å². The summed E-state index contributed by atoms with van der Waals surface area (Å²) in [6.07, 6.45) is 0.935. The van der Waals surface area contributed by atoms with Gasteiger partial charge in [-0.05, 0) is 13.1 Å². The number of carbonyl (C=O) groups excluding carboxylic acids is 1. The van der Waals surface area contributed by atoms with Crippen molar-refractivity contribution in [1.29, 1.82) is 0 Å². The zero-order chi connectivity index (χ0) is 12.3. The maximum absolute atomic E-state index is 11.1. The van der Waals surface area contributed by atoms with E-state index >= 15 is 0 Å². The smallest absolute Gasteiger partial charge is 0.179 e. The number of hydrogen-bond acceptors (Lipinski definition) is 4. The molecular weight excluding hydrogens is 216 g/mol. The number of hydrogen-bond donors (Lipinski definition) is 1. The van der Waals surface area contributed by atoms with Gasteiger partial charge in [-0.15, -0.1) is 0 Å². The molecule has 1 aliphatic heterocycles. The maximum atomic E-state index is 11.1. The fourth-order valence-electron chi connectivity index (χ4n) is 2.02. The van der Waals surface area contributed by atoms with E-state index in [1.165, 1.54) is 0 Å². The molecule has 0 unspecified atom stereocenters. The van der Waals surface area contributed by atoms with E-state index in [4.69, 9.17) is 0 Å². The molecule has 0 radical (unpaired) electrons. The molecule has 0 bridgehead atoms. The minimum atomic E-state index is 0.0205. The van der Waals surface area contributed by atoms with E-state index < -0.39 is 0 Å². The lowest BCUT2D eigenvalue weighted by molar-refractivity contribution is 0.101. The van der Waals surface area contributed by atoms with Crippen LogP contribution in [0.1, 0.15) is 23.1 Å². The summed E-state index contributed by atoms with van der Waals surface area (Å²) in [7, 11) is 2.16. The van der Waals surface area contributed by atoms with Crippen LogP contribution in [0.25, 0.3) is 0 Å². The van der Waals surface area contributed by atoms with Crippen molar-refractivity contribution in [2.45, 2.75) is 13.3 Å². The minimum Gasteiger partial charge on any atom is -0.304 e. The first-order chi connectivity index (χ1) is 8.15. The molecule has 1 N–H and O–H groups in total. The molecule has 0 saturated carbocycles. The number of piperazine rings is 1. The summed E-state index contributed by atoms with van der Waals surface area (Å²) < 4.78 is 0. The van der Waals surface area contributed by atoms with E-state index in [0.717, 1.165) is 44.8 Å². The number of Topliss-reactive ketones (excluding diaryl/α,β-unsaturated/α-hetero) is 1. The predicted octanol–water partition coefficient (Wildman–Crippen LogP) is 0.402. The topological polar surface area (TPSA) is 52.2 Å². The molecule has 0 aliphatic carbocycles. The molecule has 5 heteroatoms. The van der Waals surface area contributed by atoms with Gasteiger partial charge in [0.1, 0.15) is 5.69 Å². The maximum Gasteiger partial charge on any atom is 0.179 e.